The summed E-state index contributed by atoms with van der Waals surface area (Å²) in [4.78, 5) is 40.1. The van der Waals surface area contributed by atoms with Crippen LogP contribution in [0.15, 0.2) is 24.3 Å². The van der Waals surface area contributed by atoms with E-state index in [1.807, 2.05) is 24.0 Å². The summed E-state index contributed by atoms with van der Waals surface area (Å²) >= 11 is 0. The molecule has 3 amide bonds. The molecule has 0 radical (unpaired) electrons. The van der Waals surface area contributed by atoms with Crippen LogP contribution < -0.4 is 16.2 Å². The number of rotatable bonds is 3. The number of nitrogens with two attached hydrogens (primary N) is 1. The summed E-state index contributed by atoms with van der Waals surface area (Å²) in [7, 11) is 0. The summed E-state index contributed by atoms with van der Waals surface area (Å²) in [6.07, 6.45) is 1.71. The van der Waals surface area contributed by atoms with Crippen LogP contribution in [0.2, 0.25) is 0 Å². The Morgan fingerprint density at radius 2 is 1.96 bits per heavy atom. The third-order valence-corrected chi connectivity index (χ3v) is 4.82. The molecule has 1 aromatic carbocycles. The molecule has 2 fully saturated rings. The normalized spacial score (nSPS) is 25.2. The minimum Gasteiger partial charge on any atom is -0.294 e. The maximum atomic E-state index is 12.8. The molecule has 2 saturated heterocycles. The van der Waals surface area contributed by atoms with E-state index in [0.29, 0.717) is 18.8 Å². The fourth-order valence-corrected chi connectivity index (χ4v) is 3.49. The molecular weight excluding hydrogens is 308 g/mol. The van der Waals surface area contributed by atoms with E-state index in [4.69, 9.17) is 5.84 Å². The molecule has 2 aliphatic rings. The van der Waals surface area contributed by atoms with Crippen LogP contribution in [0.5, 0.6) is 0 Å². The molecule has 0 aliphatic carbocycles. The molecule has 0 aromatic heterocycles. The monoisotopic (exact) mass is 330 g/mol. The molecule has 7 heteroatoms. The van der Waals surface area contributed by atoms with E-state index in [-0.39, 0.29) is 30.1 Å². The number of imide groups is 1. The quantitative estimate of drug-likeness (QED) is 0.360. The van der Waals surface area contributed by atoms with Gasteiger partial charge >= 0.3 is 0 Å². The Kier molecular flexibility index (Phi) is 4.64. The molecule has 3 rings (SSSR count). The first kappa shape index (κ1) is 16.6. The Balaban J connectivity index is 1.76. The van der Waals surface area contributed by atoms with Gasteiger partial charge in [-0.3, -0.25) is 24.7 Å². The lowest BCUT2D eigenvalue weighted by molar-refractivity contribution is -0.129. The average Bonchev–Trinajstić information content (AvgIpc) is 2.90. The molecular formula is C17H22N4O3. The van der Waals surface area contributed by atoms with Crippen LogP contribution in [0.3, 0.4) is 0 Å². The summed E-state index contributed by atoms with van der Waals surface area (Å²) < 4.78 is 0. The third kappa shape index (κ3) is 3.05. The number of hydrogen-bond donors (Lipinski definition) is 2. The van der Waals surface area contributed by atoms with E-state index in [9.17, 15) is 14.4 Å². The van der Waals surface area contributed by atoms with Crippen molar-refractivity contribution in [3.05, 3.63) is 29.8 Å². The second-order valence-corrected chi connectivity index (χ2v) is 6.47. The van der Waals surface area contributed by atoms with Crippen LogP contribution >= 0.6 is 0 Å². The van der Waals surface area contributed by atoms with E-state index in [1.165, 1.54) is 4.90 Å². The van der Waals surface area contributed by atoms with Crippen LogP contribution in [0, 0.1) is 12.8 Å². The number of nitrogens with one attached hydrogen (secondary N) is 1. The summed E-state index contributed by atoms with van der Waals surface area (Å²) in [5.41, 5.74) is 3.85. The van der Waals surface area contributed by atoms with Crippen molar-refractivity contribution in [1.29, 1.82) is 0 Å². The van der Waals surface area contributed by atoms with Crippen molar-refractivity contribution < 1.29 is 14.4 Å². The third-order valence-electron chi connectivity index (χ3n) is 4.82. The van der Waals surface area contributed by atoms with Crippen LogP contribution in [0.1, 0.15) is 24.8 Å². The van der Waals surface area contributed by atoms with Crippen molar-refractivity contribution in [3.8, 4) is 0 Å². The highest BCUT2D eigenvalue weighted by Gasteiger charge is 2.44. The Labute approximate surface area is 140 Å². The number of carbonyl (C=O) groups is 3. The second-order valence-electron chi connectivity index (χ2n) is 6.47. The van der Waals surface area contributed by atoms with E-state index in [2.05, 4.69) is 5.43 Å². The fraction of sp³-hybridized carbons (Fsp3) is 0.471. The summed E-state index contributed by atoms with van der Waals surface area (Å²) in [5.74, 6) is 4.36. The van der Waals surface area contributed by atoms with Gasteiger partial charge in [0.15, 0.2) is 0 Å². The molecule has 0 spiro atoms. The zero-order valence-corrected chi connectivity index (χ0v) is 13.7. The first-order chi connectivity index (χ1) is 11.5. The molecule has 2 heterocycles. The Bertz CT molecular complexity index is 658. The van der Waals surface area contributed by atoms with Crippen molar-refractivity contribution in [1.82, 2.24) is 10.3 Å². The molecule has 0 saturated carbocycles. The second kappa shape index (κ2) is 6.70. The van der Waals surface area contributed by atoms with Gasteiger partial charge in [0.25, 0.3) is 5.91 Å². The molecule has 128 valence electrons. The predicted octanol–water partition coefficient (Wildman–Crippen LogP) is 0.329. The Hall–Kier alpha value is -2.25. The summed E-state index contributed by atoms with van der Waals surface area (Å²) in [5, 5.41) is 0. The summed E-state index contributed by atoms with van der Waals surface area (Å²) in [6.45, 7) is 3.12. The molecule has 2 aliphatic heterocycles. The number of hydrazine groups is 1. The minimum atomic E-state index is -0.493. The van der Waals surface area contributed by atoms with E-state index >= 15 is 0 Å². The lowest BCUT2D eigenvalue weighted by Crippen LogP contribution is -2.50. The predicted molar refractivity (Wildman–Crippen MR) is 88.7 cm³/mol. The Morgan fingerprint density at radius 1 is 1.25 bits per heavy atom. The average molecular weight is 330 g/mol. The number of likely N-dealkylation sites (tertiary alicyclic amines) is 1. The van der Waals surface area contributed by atoms with Gasteiger partial charge in [0.05, 0.1) is 24.1 Å². The van der Waals surface area contributed by atoms with Crippen molar-refractivity contribution in [2.45, 2.75) is 32.2 Å². The molecule has 24 heavy (non-hydrogen) atoms. The maximum Gasteiger partial charge on any atom is 0.251 e. The number of amides is 3. The van der Waals surface area contributed by atoms with Gasteiger partial charge < -0.3 is 0 Å². The lowest BCUT2D eigenvalue weighted by atomic mass is 9.95. The number of anilines is 1. The van der Waals surface area contributed by atoms with Crippen molar-refractivity contribution in [2.24, 2.45) is 11.8 Å². The van der Waals surface area contributed by atoms with Crippen LogP contribution in [-0.2, 0) is 14.4 Å². The van der Waals surface area contributed by atoms with E-state index in [0.717, 1.165) is 18.4 Å². The smallest absolute Gasteiger partial charge is 0.251 e. The van der Waals surface area contributed by atoms with Gasteiger partial charge in [-0.05, 0) is 38.4 Å². The highest BCUT2D eigenvalue weighted by Crippen LogP contribution is 2.28. The van der Waals surface area contributed by atoms with Gasteiger partial charge in [-0.25, -0.2) is 10.7 Å². The highest BCUT2D eigenvalue weighted by molar-refractivity contribution is 6.22. The summed E-state index contributed by atoms with van der Waals surface area (Å²) in [6, 6.07) is 6.84. The van der Waals surface area contributed by atoms with E-state index < -0.39 is 6.04 Å². The van der Waals surface area contributed by atoms with Gasteiger partial charge in [0, 0.05) is 6.54 Å². The zero-order chi connectivity index (χ0) is 17.3. The highest BCUT2D eigenvalue weighted by atomic mass is 16.2. The molecule has 1 aromatic rings. The number of piperidine rings is 1. The molecule has 0 bridgehead atoms. The first-order valence-corrected chi connectivity index (χ1v) is 8.19. The molecule has 2 atom stereocenters. The largest absolute Gasteiger partial charge is 0.294 e. The number of hydrogen-bond acceptors (Lipinski definition) is 5. The molecule has 3 N–H and O–H groups in total. The molecule has 7 nitrogen and oxygen atoms in total. The van der Waals surface area contributed by atoms with Crippen molar-refractivity contribution in [3.63, 3.8) is 0 Å². The van der Waals surface area contributed by atoms with Gasteiger partial charge in [-0.2, -0.15) is 0 Å². The SMILES string of the molecule is Cc1ccc(N2C(=O)C[C@@H](N3CCC[C@H](C(=O)NN)C3)C2=O)cc1. The minimum absolute atomic E-state index is 0.156. The van der Waals surface area contributed by atoms with Gasteiger partial charge in [-0.1, -0.05) is 17.7 Å². The van der Waals surface area contributed by atoms with Gasteiger partial charge in [-0.15, -0.1) is 0 Å². The van der Waals surface area contributed by atoms with Crippen molar-refractivity contribution >= 4 is 23.4 Å². The number of benzene rings is 1. The zero-order valence-electron chi connectivity index (χ0n) is 13.7. The fourth-order valence-electron chi connectivity index (χ4n) is 3.49. The molecule has 0 unspecified atom stereocenters. The first-order valence-electron chi connectivity index (χ1n) is 8.19. The van der Waals surface area contributed by atoms with Crippen LogP contribution in [-0.4, -0.2) is 41.8 Å². The standard InChI is InChI=1S/C17H22N4O3/c1-11-4-6-13(7-5-11)21-15(22)9-14(17(21)24)20-8-2-3-12(10-20)16(23)19-18/h4-7,12,14H,2-3,8-10,18H2,1H3,(H,19,23)/t12-,14+/m0/s1. The van der Waals surface area contributed by atoms with Crippen LogP contribution in [0.25, 0.3) is 0 Å². The number of aryl methyl sites for hydroxylation is 1. The van der Waals surface area contributed by atoms with Gasteiger partial charge in [0.2, 0.25) is 11.8 Å². The van der Waals surface area contributed by atoms with Crippen molar-refractivity contribution in [2.75, 3.05) is 18.0 Å². The van der Waals surface area contributed by atoms with Crippen LogP contribution in [0.4, 0.5) is 5.69 Å². The van der Waals surface area contributed by atoms with Gasteiger partial charge in [0.1, 0.15) is 0 Å². The van der Waals surface area contributed by atoms with E-state index in [1.54, 1.807) is 12.1 Å². The number of carbonyl (C=O) groups excluding carboxylic acids is 3. The topological polar surface area (TPSA) is 95.7 Å². The Morgan fingerprint density at radius 3 is 2.62 bits per heavy atom. The number of nitrogens with zero attached hydrogens (tertiary/aromatic N) is 2. The lowest BCUT2D eigenvalue weighted by Gasteiger charge is -2.34. The maximum absolute atomic E-state index is 12.8.